The summed E-state index contributed by atoms with van der Waals surface area (Å²) in [5.74, 6) is -2.90. The number of hydrogen-bond acceptors (Lipinski definition) is 5. The highest BCUT2D eigenvalue weighted by Crippen LogP contribution is 2.32. The van der Waals surface area contributed by atoms with Gasteiger partial charge < -0.3 is 15.2 Å². The highest BCUT2D eigenvalue weighted by atomic mass is 35.5. The van der Waals surface area contributed by atoms with E-state index in [1.54, 1.807) is 27.7 Å². The van der Waals surface area contributed by atoms with E-state index in [1.165, 1.54) is 18.3 Å². The van der Waals surface area contributed by atoms with Crippen molar-refractivity contribution in [2.24, 2.45) is 5.73 Å². The van der Waals surface area contributed by atoms with Gasteiger partial charge in [-0.05, 0) is 30.3 Å². The maximum absolute atomic E-state index is 13.8. The van der Waals surface area contributed by atoms with E-state index in [0.717, 1.165) is 0 Å². The highest BCUT2D eigenvalue weighted by molar-refractivity contribution is 5.85. The zero-order valence-corrected chi connectivity index (χ0v) is 16.0. The highest BCUT2D eigenvalue weighted by Gasteiger charge is 2.42. The lowest BCUT2D eigenvalue weighted by atomic mass is 10.0. The van der Waals surface area contributed by atoms with Crippen molar-refractivity contribution in [3.8, 4) is 6.07 Å². The molecule has 2 aromatic heterocycles. The third-order valence-corrected chi connectivity index (χ3v) is 4.92. The second kappa shape index (κ2) is 7.89. The van der Waals surface area contributed by atoms with E-state index < -0.39 is 17.8 Å². The number of halogens is 4. The standard InChI is InChI=1S/C19H17F3N6.ClH/c20-13-2-4-15-16(7-13)28(10-14-3-1-12(8-23)9-25-14)18(26-15)27-6-5-19(21,22)17(24)11-27;/h1-4,7,9,17H,5-6,10-11,24H2;1H. The molecule has 0 aliphatic carbocycles. The fourth-order valence-electron chi connectivity index (χ4n) is 3.34. The largest absolute Gasteiger partial charge is 0.340 e. The van der Waals surface area contributed by atoms with Gasteiger partial charge in [-0.1, -0.05) is 0 Å². The van der Waals surface area contributed by atoms with Crippen LogP contribution in [0.5, 0.6) is 0 Å². The van der Waals surface area contributed by atoms with Gasteiger partial charge >= 0.3 is 0 Å². The van der Waals surface area contributed by atoms with E-state index in [1.807, 2.05) is 6.07 Å². The maximum Gasteiger partial charge on any atom is 0.266 e. The number of rotatable bonds is 3. The molecule has 10 heteroatoms. The van der Waals surface area contributed by atoms with Crippen LogP contribution in [0.2, 0.25) is 0 Å². The van der Waals surface area contributed by atoms with Crippen molar-refractivity contribution in [2.45, 2.75) is 24.9 Å². The van der Waals surface area contributed by atoms with Crippen molar-refractivity contribution in [3.63, 3.8) is 0 Å². The smallest absolute Gasteiger partial charge is 0.266 e. The van der Waals surface area contributed by atoms with Gasteiger partial charge in [-0.25, -0.2) is 18.2 Å². The number of nitrogens with zero attached hydrogens (tertiary/aromatic N) is 5. The van der Waals surface area contributed by atoms with E-state index in [-0.39, 0.29) is 38.5 Å². The van der Waals surface area contributed by atoms with Crippen molar-refractivity contribution in [3.05, 3.63) is 53.6 Å². The van der Waals surface area contributed by atoms with Crippen molar-refractivity contribution < 1.29 is 13.2 Å². The van der Waals surface area contributed by atoms with Gasteiger partial charge in [0.1, 0.15) is 11.9 Å². The molecule has 152 valence electrons. The van der Waals surface area contributed by atoms with Gasteiger partial charge in [-0.2, -0.15) is 5.26 Å². The predicted molar refractivity (Wildman–Crippen MR) is 105 cm³/mol. The molecule has 0 bridgehead atoms. The summed E-state index contributed by atoms with van der Waals surface area (Å²) in [4.78, 5) is 10.5. The van der Waals surface area contributed by atoms with Gasteiger partial charge in [0.05, 0.1) is 34.9 Å². The van der Waals surface area contributed by atoms with Crippen LogP contribution in [0.4, 0.5) is 19.1 Å². The molecule has 0 spiro atoms. The lowest BCUT2D eigenvalue weighted by molar-refractivity contribution is -0.0395. The number of nitrogens with two attached hydrogens (primary N) is 1. The minimum Gasteiger partial charge on any atom is -0.340 e. The first-order valence-electron chi connectivity index (χ1n) is 8.76. The molecular weight excluding hydrogens is 405 g/mol. The molecule has 1 aromatic carbocycles. The van der Waals surface area contributed by atoms with Gasteiger partial charge in [0.2, 0.25) is 5.95 Å². The molecular formula is C19H18ClF3N6. The van der Waals surface area contributed by atoms with Gasteiger partial charge in [0, 0.05) is 25.7 Å². The average molecular weight is 423 g/mol. The summed E-state index contributed by atoms with van der Waals surface area (Å²) < 4.78 is 43.2. The second-order valence-corrected chi connectivity index (χ2v) is 6.84. The number of imidazole rings is 1. The molecule has 1 fully saturated rings. The monoisotopic (exact) mass is 422 g/mol. The number of pyridine rings is 1. The summed E-state index contributed by atoms with van der Waals surface area (Å²) >= 11 is 0. The van der Waals surface area contributed by atoms with Crippen LogP contribution in [0.15, 0.2) is 36.5 Å². The zero-order valence-electron chi connectivity index (χ0n) is 15.2. The SMILES string of the molecule is Cl.N#Cc1ccc(Cn2c(N3CCC(F)(F)C(N)C3)nc3ccc(F)cc32)nc1. The van der Waals surface area contributed by atoms with E-state index in [4.69, 9.17) is 11.0 Å². The van der Waals surface area contributed by atoms with Crippen LogP contribution >= 0.6 is 12.4 Å². The molecule has 3 aromatic rings. The van der Waals surface area contributed by atoms with E-state index in [2.05, 4.69) is 9.97 Å². The molecule has 1 atom stereocenters. The Hall–Kier alpha value is -2.83. The molecule has 2 N–H and O–H groups in total. The van der Waals surface area contributed by atoms with Crippen molar-refractivity contribution >= 4 is 29.4 Å². The Morgan fingerprint density at radius 1 is 1.28 bits per heavy atom. The molecule has 4 rings (SSSR count). The lowest BCUT2D eigenvalue weighted by Gasteiger charge is -2.37. The topological polar surface area (TPSA) is 83.8 Å². The van der Waals surface area contributed by atoms with Crippen LogP contribution < -0.4 is 10.6 Å². The van der Waals surface area contributed by atoms with Gasteiger partial charge in [0.15, 0.2) is 0 Å². The van der Waals surface area contributed by atoms with Gasteiger partial charge in [-0.15, -0.1) is 12.4 Å². The second-order valence-electron chi connectivity index (χ2n) is 6.84. The van der Waals surface area contributed by atoms with Crippen LogP contribution in [0.1, 0.15) is 17.7 Å². The first kappa shape index (κ1) is 20.9. The molecule has 29 heavy (non-hydrogen) atoms. The van der Waals surface area contributed by atoms with Crippen LogP contribution in [-0.2, 0) is 6.54 Å². The fraction of sp³-hybridized carbons (Fsp3) is 0.316. The minimum atomic E-state index is -2.92. The molecule has 1 aliphatic heterocycles. The summed E-state index contributed by atoms with van der Waals surface area (Å²) in [6, 6.07) is 8.24. The number of nitriles is 1. The van der Waals surface area contributed by atoms with Crippen LogP contribution in [0, 0.1) is 17.1 Å². The number of alkyl halides is 2. The van der Waals surface area contributed by atoms with Crippen LogP contribution in [0.25, 0.3) is 11.0 Å². The predicted octanol–water partition coefficient (Wildman–Crippen LogP) is 3.08. The lowest BCUT2D eigenvalue weighted by Crippen LogP contribution is -2.55. The van der Waals surface area contributed by atoms with E-state index in [9.17, 15) is 13.2 Å². The fourth-order valence-corrected chi connectivity index (χ4v) is 3.34. The van der Waals surface area contributed by atoms with E-state index in [0.29, 0.717) is 28.2 Å². The van der Waals surface area contributed by atoms with Crippen molar-refractivity contribution in [1.82, 2.24) is 14.5 Å². The number of piperidine rings is 1. The van der Waals surface area contributed by atoms with Crippen LogP contribution in [0.3, 0.4) is 0 Å². The third-order valence-electron chi connectivity index (χ3n) is 4.92. The summed E-state index contributed by atoms with van der Waals surface area (Å²) in [6.45, 7) is 0.288. The molecule has 0 saturated carbocycles. The quantitative estimate of drug-likeness (QED) is 0.701. The normalized spacial score (nSPS) is 18.3. The number of anilines is 1. The summed E-state index contributed by atoms with van der Waals surface area (Å²) in [5, 5.41) is 8.91. The number of hydrogen-bond donors (Lipinski definition) is 1. The summed E-state index contributed by atoms with van der Waals surface area (Å²) in [5.41, 5.74) is 7.81. The van der Waals surface area contributed by atoms with Crippen molar-refractivity contribution in [2.75, 3.05) is 18.0 Å². The molecule has 0 amide bonds. The number of aromatic nitrogens is 3. The minimum absolute atomic E-state index is 0. The Kier molecular flexibility index (Phi) is 5.68. The number of fused-ring (bicyclic) bond motifs is 1. The molecule has 1 aliphatic rings. The van der Waals surface area contributed by atoms with Gasteiger partial charge in [-0.3, -0.25) is 4.98 Å². The maximum atomic E-state index is 13.8. The first-order chi connectivity index (χ1) is 13.4. The third kappa shape index (κ3) is 3.99. The van der Waals surface area contributed by atoms with Gasteiger partial charge in [0.25, 0.3) is 5.92 Å². The summed E-state index contributed by atoms with van der Waals surface area (Å²) in [7, 11) is 0. The Labute approximate surface area is 171 Å². The molecule has 1 unspecified atom stereocenters. The van der Waals surface area contributed by atoms with E-state index >= 15 is 0 Å². The summed E-state index contributed by atoms with van der Waals surface area (Å²) in [6.07, 6.45) is 1.08. The Balaban J connectivity index is 0.00000240. The average Bonchev–Trinajstić information content (AvgIpc) is 3.02. The molecule has 1 saturated heterocycles. The van der Waals surface area contributed by atoms with Crippen LogP contribution in [-0.4, -0.2) is 39.6 Å². The Bertz CT molecular complexity index is 1060. The van der Waals surface area contributed by atoms with Crippen molar-refractivity contribution in [1.29, 1.82) is 5.26 Å². The Morgan fingerprint density at radius 2 is 2.07 bits per heavy atom. The number of benzene rings is 1. The first-order valence-corrected chi connectivity index (χ1v) is 8.76. The molecule has 6 nitrogen and oxygen atoms in total. The molecule has 0 radical (unpaired) electrons. The zero-order chi connectivity index (χ0) is 19.9. The Morgan fingerprint density at radius 3 is 2.72 bits per heavy atom. The molecule has 3 heterocycles.